The second kappa shape index (κ2) is 5.81. The van der Waals surface area contributed by atoms with Crippen molar-refractivity contribution in [3.05, 3.63) is 56.7 Å². The van der Waals surface area contributed by atoms with Crippen molar-refractivity contribution in [2.24, 2.45) is 0 Å². The smallest absolute Gasteiger partial charge is 0.132 e. The Morgan fingerprint density at radius 3 is 2.67 bits per heavy atom. The number of rotatable bonds is 2. The highest BCUT2D eigenvalue weighted by Crippen LogP contribution is 2.35. The fraction of sp³-hybridized carbons (Fsp3) is 0.133. The van der Waals surface area contributed by atoms with Crippen molar-refractivity contribution in [2.45, 2.75) is 12.3 Å². The lowest BCUT2D eigenvalue weighted by Crippen LogP contribution is -2.02. The van der Waals surface area contributed by atoms with E-state index in [-0.39, 0.29) is 5.38 Å². The fourth-order valence-corrected chi connectivity index (χ4v) is 3.13. The molecule has 1 unspecified atom stereocenters. The molecule has 3 rings (SSSR count). The number of aromatic nitrogens is 2. The van der Waals surface area contributed by atoms with Gasteiger partial charge in [0.25, 0.3) is 0 Å². The van der Waals surface area contributed by atoms with E-state index in [1.807, 2.05) is 41.8 Å². The van der Waals surface area contributed by atoms with Crippen LogP contribution in [0.2, 0.25) is 10.0 Å². The molecule has 0 bridgehead atoms. The first-order chi connectivity index (χ1) is 9.99. The predicted octanol–water partition coefficient (Wildman–Crippen LogP) is 6.39. The minimum absolute atomic E-state index is 0.258. The van der Waals surface area contributed by atoms with Gasteiger partial charge in [-0.25, -0.2) is 4.98 Å². The summed E-state index contributed by atoms with van der Waals surface area (Å²) in [5, 5.41) is 0.729. The van der Waals surface area contributed by atoms with E-state index in [0.29, 0.717) is 10.0 Å². The Morgan fingerprint density at radius 1 is 1.19 bits per heavy atom. The third kappa shape index (κ3) is 2.68. The summed E-state index contributed by atoms with van der Waals surface area (Å²) in [6, 6.07) is 11.4. The van der Waals surface area contributed by atoms with Gasteiger partial charge in [-0.2, -0.15) is 0 Å². The van der Waals surface area contributed by atoms with Gasteiger partial charge in [0.05, 0.1) is 32.1 Å². The maximum Gasteiger partial charge on any atom is 0.132 e. The summed E-state index contributed by atoms with van der Waals surface area (Å²) in [5.74, 6) is 0.730. The molecule has 0 radical (unpaired) electrons. The average molecular weight is 405 g/mol. The van der Waals surface area contributed by atoms with E-state index >= 15 is 0 Å². The Bertz CT molecular complexity index is 827. The molecular formula is C15H10BrCl3N2. The third-order valence-corrected chi connectivity index (χ3v) is 4.67. The van der Waals surface area contributed by atoms with Gasteiger partial charge < -0.3 is 0 Å². The molecule has 1 heterocycles. The molecule has 2 aromatic carbocycles. The fourth-order valence-electron chi connectivity index (χ4n) is 2.26. The van der Waals surface area contributed by atoms with Crippen molar-refractivity contribution < 1.29 is 0 Å². The summed E-state index contributed by atoms with van der Waals surface area (Å²) in [5.41, 5.74) is 2.56. The van der Waals surface area contributed by atoms with Crippen LogP contribution in [0.15, 0.2) is 40.9 Å². The Kier molecular flexibility index (Phi) is 4.19. The molecule has 2 nitrogen and oxygen atoms in total. The van der Waals surface area contributed by atoms with Crippen LogP contribution in [0, 0.1) is 0 Å². The quantitative estimate of drug-likeness (QED) is 0.452. The molecule has 0 saturated carbocycles. The maximum absolute atomic E-state index is 6.36. The molecule has 0 aliphatic heterocycles. The normalized spacial score (nSPS) is 12.8. The van der Waals surface area contributed by atoms with E-state index in [1.165, 1.54) is 0 Å². The SMILES string of the molecule is CC(Cl)c1nc2cc(Br)ccc2n1-c1cccc(Cl)c1Cl. The van der Waals surface area contributed by atoms with E-state index in [9.17, 15) is 0 Å². The average Bonchev–Trinajstić information content (AvgIpc) is 2.80. The molecular weight excluding hydrogens is 394 g/mol. The molecule has 0 saturated heterocycles. The summed E-state index contributed by atoms with van der Waals surface area (Å²) in [4.78, 5) is 4.62. The van der Waals surface area contributed by atoms with Crippen LogP contribution in [-0.4, -0.2) is 9.55 Å². The van der Waals surface area contributed by atoms with E-state index in [4.69, 9.17) is 34.8 Å². The second-order valence-electron chi connectivity index (χ2n) is 4.63. The van der Waals surface area contributed by atoms with Crippen molar-refractivity contribution in [3.63, 3.8) is 0 Å². The van der Waals surface area contributed by atoms with Crippen LogP contribution in [0.25, 0.3) is 16.7 Å². The lowest BCUT2D eigenvalue weighted by molar-refractivity contribution is 0.883. The summed E-state index contributed by atoms with van der Waals surface area (Å²) in [7, 11) is 0. The Labute approximate surface area is 145 Å². The molecule has 21 heavy (non-hydrogen) atoms. The maximum atomic E-state index is 6.36. The molecule has 0 fully saturated rings. The molecule has 1 atom stereocenters. The Morgan fingerprint density at radius 2 is 1.95 bits per heavy atom. The predicted molar refractivity (Wildman–Crippen MR) is 93.1 cm³/mol. The van der Waals surface area contributed by atoms with Crippen LogP contribution in [0.4, 0.5) is 0 Å². The number of imidazole rings is 1. The van der Waals surface area contributed by atoms with E-state index in [2.05, 4.69) is 20.9 Å². The lowest BCUT2D eigenvalue weighted by atomic mass is 10.2. The highest BCUT2D eigenvalue weighted by molar-refractivity contribution is 9.10. The summed E-state index contributed by atoms with van der Waals surface area (Å²) < 4.78 is 2.92. The summed E-state index contributed by atoms with van der Waals surface area (Å²) in [6.07, 6.45) is 0. The standard InChI is InChI=1S/C15H10BrCl3N2/c1-8(17)15-20-11-7-9(16)5-6-12(11)21(15)13-4-2-3-10(18)14(13)19/h2-8H,1H3. The Hall–Kier alpha value is -0.740. The van der Waals surface area contributed by atoms with Crippen molar-refractivity contribution in [1.82, 2.24) is 9.55 Å². The summed E-state index contributed by atoms with van der Waals surface area (Å²) >= 11 is 22.2. The van der Waals surface area contributed by atoms with Gasteiger partial charge in [0.2, 0.25) is 0 Å². The van der Waals surface area contributed by atoms with Gasteiger partial charge in [-0.15, -0.1) is 11.6 Å². The molecule has 108 valence electrons. The van der Waals surface area contributed by atoms with Gasteiger partial charge in [-0.1, -0.05) is 45.2 Å². The van der Waals surface area contributed by atoms with Crippen LogP contribution in [0.3, 0.4) is 0 Å². The zero-order valence-electron chi connectivity index (χ0n) is 10.9. The first-order valence-electron chi connectivity index (χ1n) is 6.25. The van der Waals surface area contributed by atoms with Crippen molar-refractivity contribution in [2.75, 3.05) is 0 Å². The zero-order valence-corrected chi connectivity index (χ0v) is 14.8. The van der Waals surface area contributed by atoms with Crippen LogP contribution in [0.5, 0.6) is 0 Å². The number of alkyl halides is 1. The van der Waals surface area contributed by atoms with Gasteiger partial charge in [0.1, 0.15) is 5.82 Å². The van der Waals surface area contributed by atoms with Crippen molar-refractivity contribution >= 4 is 61.8 Å². The molecule has 0 aliphatic rings. The van der Waals surface area contributed by atoms with Gasteiger partial charge in [0.15, 0.2) is 0 Å². The second-order valence-corrected chi connectivity index (χ2v) is 6.98. The summed E-state index contributed by atoms with van der Waals surface area (Å²) in [6.45, 7) is 1.88. The minimum atomic E-state index is -0.258. The van der Waals surface area contributed by atoms with E-state index in [1.54, 1.807) is 6.07 Å². The van der Waals surface area contributed by atoms with Gasteiger partial charge >= 0.3 is 0 Å². The van der Waals surface area contributed by atoms with Gasteiger partial charge in [0, 0.05) is 4.47 Å². The van der Waals surface area contributed by atoms with Crippen molar-refractivity contribution in [1.29, 1.82) is 0 Å². The Balaban J connectivity index is 2.39. The first-order valence-corrected chi connectivity index (χ1v) is 8.24. The molecule has 0 N–H and O–H groups in total. The molecule has 6 heteroatoms. The zero-order chi connectivity index (χ0) is 15.1. The third-order valence-electron chi connectivity index (χ3n) is 3.17. The van der Waals surface area contributed by atoms with Gasteiger partial charge in [-0.3, -0.25) is 4.57 Å². The monoisotopic (exact) mass is 402 g/mol. The largest absolute Gasteiger partial charge is 0.293 e. The molecule has 1 aromatic heterocycles. The number of halogens is 4. The number of hydrogen-bond acceptors (Lipinski definition) is 1. The van der Waals surface area contributed by atoms with Crippen molar-refractivity contribution in [3.8, 4) is 5.69 Å². The molecule has 3 aromatic rings. The number of fused-ring (bicyclic) bond motifs is 1. The molecule has 0 amide bonds. The number of hydrogen-bond donors (Lipinski definition) is 0. The van der Waals surface area contributed by atoms with Crippen LogP contribution in [-0.2, 0) is 0 Å². The molecule has 0 spiro atoms. The number of benzene rings is 2. The van der Waals surface area contributed by atoms with Crippen LogP contribution >= 0.6 is 50.7 Å². The minimum Gasteiger partial charge on any atom is -0.293 e. The van der Waals surface area contributed by atoms with Gasteiger partial charge in [-0.05, 0) is 37.3 Å². The lowest BCUT2D eigenvalue weighted by Gasteiger charge is -2.13. The highest BCUT2D eigenvalue weighted by atomic mass is 79.9. The van der Waals surface area contributed by atoms with E-state index < -0.39 is 0 Å². The van der Waals surface area contributed by atoms with Crippen LogP contribution in [0.1, 0.15) is 18.1 Å². The molecule has 0 aliphatic carbocycles. The first kappa shape index (κ1) is 15.2. The number of nitrogens with zero attached hydrogens (tertiary/aromatic N) is 2. The topological polar surface area (TPSA) is 17.8 Å². The van der Waals surface area contributed by atoms with E-state index in [0.717, 1.165) is 27.0 Å². The highest BCUT2D eigenvalue weighted by Gasteiger charge is 2.19. The van der Waals surface area contributed by atoms with Crippen LogP contribution < -0.4 is 0 Å².